The third-order valence-electron chi connectivity index (χ3n) is 4.83. The summed E-state index contributed by atoms with van der Waals surface area (Å²) < 4.78 is 15.8. The van der Waals surface area contributed by atoms with Crippen molar-refractivity contribution in [3.05, 3.63) is 102 Å². The van der Waals surface area contributed by atoms with Crippen LogP contribution in [0, 0.1) is 6.92 Å². The molecule has 2 N–H and O–H groups in total. The summed E-state index contributed by atoms with van der Waals surface area (Å²) >= 11 is 0. The Morgan fingerprint density at radius 2 is 1.61 bits per heavy atom. The van der Waals surface area contributed by atoms with Gasteiger partial charge < -0.3 is 19.3 Å². The van der Waals surface area contributed by atoms with Crippen molar-refractivity contribution in [2.75, 3.05) is 11.9 Å². The van der Waals surface area contributed by atoms with Crippen molar-refractivity contribution in [3.63, 3.8) is 0 Å². The summed E-state index contributed by atoms with van der Waals surface area (Å²) in [7, 11) is 0. The van der Waals surface area contributed by atoms with Gasteiger partial charge in [0, 0.05) is 18.3 Å². The Morgan fingerprint density at radius 1 is 0.909 bits per heavy atom. The number of carbonyl (C=O) groups excluding carboxylic acids is 1. The van der Waals surface area contributed by atoms with Crippen molar-refractivity contribution < 1.29 is 18.8 Å². The normalized spacial score (nSPS) is 10.6. The van der Waals surface area contributed by atoms with E-state index in [0.717, 1.165) is 25.3 Å². The highest BCUT2D eigenvalue weighted by Gasteiger charge is 2.09. The average Bonchev–Trinajstić information content (AvgIpc) is 3.24. The van der Waals surface area contributed by atoms with E-state index in [0.29, 0.717) is 17.2 Å². The number of aryl methyl sites for hydroxylation is 1. The fraction of sp³-hybridized carbons (Fsp3) is 0.154. The molecule has 0 aliphatic heterocycles. The number of aromatic nitrogens is 1. The van der Waals surface area contributed by atoms with Gasteiger partial charge >= 0.3 is 6.09 Å². The number of rotatable bonds is 9. The minimum Gasteiger partial charge on any atom is -0.457 e. The molecule has 0 atom stereocenters. The van der Waals surface area contributed by atoms with Crippen LogP contribution in [0.25, 0.3) is 0 Å². The molecule has 4 rings (SSSR count). The molecule has 33 heavy (non-hydrogen) atoms. The fourth-order valence-corrected chi connectivity index (χ4v) is 3.16. The molecule has 0 fully saturated rings. The molecule has 0 radical (unpaired) electrons. The Labute approximate surface area is 192 Å². The molecule has 1 amide bonds. The summed E-state index contributed by atoms with van der Waals surface area (Å²) in [5.74, 6) is 2.09. The second kappa shape index (κ2) is 11.0. The Kier molecular flexibility index (Phi) is 7.35. The lowest BCUT2D eigenvalue weighted by Crippen LogP contribution is -2.16. The molecular weight excluding hydrogens is 418 g/mol. The predicted octanol–water partition coefficient (Wildman–Crippen LogP) is 5.72. The number of benzene rings is 3. The number of hydrogen-bond acceptors (Lipinski definition) is 6. The van der Waals surface area contributed by atoms with Crippen LogP contribution in [-0.4, -0.2) is 17.8 Å². The predicted molar refractivity (Wildman–Crippen MR) is 126 cm³/mol. The lowest BCUT2D eigenvalue weighted by molar-refractivity contribution is 0.210. The molecule has 0 bridgehead atoms. The summed E-state index contributed by atoms with van der Waals surface area (Å²) in [6.45, 7) is 3.49. The first-order chi connectivity index (χ1) is 16.1. The fourth-order valence-electron chi connectivity index (χ4n) is 3.16. The molecule has 7 nitrogen and oxygen atoms in total. The Hall–Kier alpha value is -4.10. The van der Waals surface area contributed by atoms with E-state index in [2.05, 4.69) is 52.2 Å². The van der Waals surface area contributed by atoms with Gasteiger partial charge in [0.25, 0.3) is 5.88 Å². The maximum Gasteiger partial charge on any atom is 0.418 e. The van der Waals surface area contributed by atoms with Gasteiger partial charge in [-0.25, -0.2) is 4.79 Å². The highest BCUT2D eigenvalue weighted by atomic mass is 16.6. The molecule has 1 aromatic heterocycles. The first-order valence-corrected chi connectivity index (χ1v) is 10.7. The van der Waals surface area contributed by atoms with Crippen LogP contribution < -0.4 is 20.1 Å². The Bertz CT molecular complexity index is 1160. The zero-order valence-electron chi connectivity index (χ0n) is 18.3. The quantitative estimate of drug-likeness (QED) is 0.322. The maximum absolute atomic E-state index is 11.9. The average molecular weight is 444 g/mol. The van der Waals surface area contributed by atoms with Gasteiger partial charge in [-0.3, -0.25) is 5.32 Å². The van der Waals surface area contributed by atoms with Crippen LogP contribution in [0.4, 0.5) is 10.5 Å². The second-order valence-corrected chi connectivity index (χ2v) is 7.47. The van der Waals surface area contributed by atoms with Crippen LogP contribution in [0.2, 0.25) is 0 Å². The Morgan fingerprint density at radius 3 is 2.27 bits per heavy atom. The summed E-state index contributed by atoms with van der Waals surface area (Å²) in [6, 6.07) is 27.0. The lowest BCUT2D eigenvalue weighted by Gasteiger charge is -2.09. The highest BCUT2D eigenvalue weighted by Crippen LogP contribution is 2.23. The van der Waals surface area contributed by atoms with Crippen molar-refractivity contribution in [2.24, 2.45) is 0 Å². The minimum atomic E-state index is -0.647. The zero-order valence-corrected chi connectivity index (χ0v) is 18.3. The summed E-state index contributed by atoms with van der Waals surface area (Å²) in [5.41, 5.74) is 3.10. The highest BCUT2D eigenvalue weighted by molar-refractivity contribution is 5.86. The number of nitrogens with one attached hydrogen (secondary N) is 2. The van der Waals surface area contributed by atoms with E-state index in [-0.39, 0.29) is 5.88 Å². The minimum absolute atomic E-state index is 0.111. The van der Waals surface area contributed by atoms with E-state index < -0.39 is 6.09 Å². The molecule has 0 saturated carbocycles. The second-order valence-electron chi connectivity index (χ2n) is 7.47. The van der Waals surface area contributed by atoms with E-state index in [1.807, 2.05) is 18.2 Å². The number of anilines is 1. The zero-order chi connectivity index (χ0) is 22.9. The molecular formula is C26H25N3O4. The van der Waals surface area contributed by atoms with Gasteiger partial charge in [0.15, 0.2) is 0 Å². The number of amides is 1. The number of carbonyl (C=O) groups is 1. The molecule has 1 heterocycles. The monoisotopic (exact) mass is 443 g/mol. The maximum atomic E-state index is 11.9. The van der Waals surface area contributed by atoms with Gasteiger partial charge in [-0.15, -0.1) is 0 Å². The molecule has 3 aromatic carbocycles. The van der Waals surface area contributed by atoms with Gasteiger partial charge in [0.2, 0.25) is 0 Å². The van der Waals surface area contributed by atoms with E-state index in [9.17, 15) is 4.79 Å². The van der Waals surface area contributed by atoms with E-state index in [1.165, 1.54) is 17.2 Å². The van der Waals surface area contributed by atoms with Gasteiger partial charge in [0.1, 0.15) is 17.3 Å². The molecule has 168 valence electrons. The summed E-state index contributed by atoms with van der Waals surface area (Å²) in [4.78, 5) is 11.9. The molecule has 0 saturated heterocycles. The van der Waals surface area contributed by atoms with Crippen LogP contribution in [0.3, 0.4) is 0 Å². The van der Waals surface area contributed by atoms with Crippen LogP contribution >= 0.6 is 0 Å². The summed E-state index contributed by atoms with van der Waals surface area (Å²) in [5, 5.41) is 9.70. The van der Waals surface area contributed by atoms with Gasteiger partial charge in [0.05, 0.1) is 0 Å². The molecule has 0 aliphatic carbocycles. The SMILES string of the molecule is Cc1cc(OC(=O)Nc2ccc(Oc3ccc(CCNCc4ccccc4)cc3)cc2)no1. The van der Waals surface area contributed by atoms with Crippen molar-refractivity contribution >= 4 is 11.8 Å². The molecule has 4 aromatic rings. The molecule has 0 aliphatic rings. The van der Waals surface area contributed by atoms with E-state index >= 15 is 0 Å². The van der Waals surface area contributed by atoms with Crippen molar-refractivity contribution in [3.8, 4) is 17.4 Å². The third-order valence-corrected chi connectivity index (χ3v) is 4.83. The number of ether oxygens (including phenoxy) is 2. The lowest BCUT2D eigenvalue weighted by atomic mass is 10.1. The molecule has 0 unspecified atom stereocenters. The largest absolute Gasteiger partial charge is 0.457 e. The van der Waals surface area contributed by atoms with Crippen molar-refractivity contribution in [2.45, 2.75) is 19.9 Å². The summed E-state index contributed by atoms with van der Waals surface area (Å²) in [6.07, 6.45) is 0.295. The third kappa shape index (κ3) is 6.95. The Balaban J connectivity index is 1.21. The van der Waals surface area contributed by atoms with Crippen LogP contribution in [0.1, 0.15) is 16.9 Å². The van der Waals surface area contributed by atoms with Crippen LogP contribution in [0.5, 0.6) is 17.4 Å². The molecule has 0 spiro atoms. The smallest absolute Gasteiger partial charge is 0.418 e. The topological polar surface area (TPSA) is 85.6 Å². The first kappa shape index (κ1) is 22.1. The van der Waals surface area contributed by atoms with Crippen molar-refractivity contribution in [1.82, 2.24) is 10.5 Å². The van der Waals surface area contributed by atoms with Gasteiger partial charge in [-0.1, -0.05) is 42.5 Å². The van der Waals surface area contributed by atoms with E-state index in [4.69, 9.17) is 14.0 Å². The standard InChI is InChI=1S/C26H25N3O4/c1-19-17-25(29-33-19)32-26(30)28-22-9-13-24(14-10-22)31-23-11-7-20(8-12-23)15-16-27-18-21-5-3-2-4-6-21/h2-14,17,27H,15-16,18H2,1H3,(H,28,30). The van der Waals surface area contributed by atoms with E-state index in [1.54, 1.807) is 31.2 Å². The van der Waals surface area contributed by atoms with Crippen LogP contribution in [-0.2, 0) is 13.0 Å². The number of hydrogen-bond donors (Lipinski definition) is 2. The van der Waals surface area contributed by atoms with Crippen LogP contribution in [0.15, 0.2) is 89.5 Å². The molecule has 7 heteroatoms. The number of nitrogens with zero attached hydrogens (tertiary/aromatic N) is 1. The van der Waals surface area contributed by atoms with Gasteiger partial charge in [-0.2, -0.15) is 0 Å². The van der Waals surface area contributed by atoms with Crippen molar-refractivity contribution in [1.29, 1.82) is 0 Å². The first-order valence-electron chi connectivity index (χ1n) is 10.7. The van der Waals surface area contributed by atoms with Gasteiger partial charge in [-0.05, 0) is 72.6 Å².